The van der Waals surface area contributed by atoms with Gasteiger partial charge in [-0.1, -0.05) is 0 Å². The molecule has 6 heteroatoms. The minimum Gasteiger partial charge on any atom is -0.395 e. The molecule has 5 nitrogen and oxygen atoms in total. The van der Waals surface area contributed by atoms with Gasteiger partial charge in [0.05, 0.1) is 6.61 Å². The van der Waals surface area contributed by atoms with Crippen LogP contribution in [-0.4, -0.2) is 54.9 Å². The van der Waals surface area contributed by atoms with E-state index in [1.807, 2.05) is 0 Å². The van der Waals surface area contributed by atoms with E-state index >= 15 is 0 Å². The fourth-order valence-electron chi connectivity index (χ4n) is 2.49. The highest BCUT2D eigenvalue weighted by atomic mass is 32.1. The molecule has 2 N–H and O–H groups in total. The number of hydrogen-bond donors (Lipinski definition) is 2. The summed E-state index contributed by atoms with van der Waals surface area (Å²) in [6.07, 6.45) is 0.788. The number of thiophene rings is 1. The van der Waals surface area contributed by atoms with E-state index in [2.05, 4.69) is 27.0 Å². The maximum atomic E-state index is 11.5. The highest BCUT2D eigenvalue weighted by Gasteiger charge is 2.32. The molecule has 1 aromatic rings. The summed E-state index contributed by atoms with van der Waals surface area (Å²) in [7, 11) is 1.51. The molecule has 106 valence electrons. The second-order valence-corrected chi connectivity index (χ2v) is 5.61. The number of amides is 1. The number of aliphatic hydroxyl groups excluding tert-OH is 1. The first kappa shape index (κ1) is 14.5. The highest BCUT2D eigenvalue weighted by Crippen LogP contribution is 2.21. The molecule has 1 aromatic heterocycles. The largest absolute Gasteiger partial charge is 0.395 e. The van der Waals surface area contributed by atoms with Gasteiger partial charge in [-0.2, -0.15) is 11.3 Å². The lowest BCUT2D eigenvalue weighted by Gasteiger charge is -2.21. The van der Waals surface area contributed by atoms with E-state index in [1.54, 1.807) is 11.3 Å². The minimum atomic E-state index is -0.0958. The van der Waals surface area contributed by atoms with Crippen LogP contribution in [0.1, 0.15) is 12.0 Å². The summed E-state index contributed by atoms with van der Waals surface area (Å²) in [6.45, 7) is 1.81. The first-order valence-electron chi connectivity index (χ1n) is 6.37. The zero-order valence-corrected chi connectivity index (χ0v) is 11.9. The number of carbonyl (C=O) groups excluding carboxylic acids is 1. The first-order valence-corrected chi connectivity index (χ1v) is 7.31. The van der Waals surface area contributed by atoms with Crippen molar-refractivity contribution in [2.75, 3.05) is 26.9 Å². The monoisotopic (exact) mass is 284 g/mol. The number of rotatable bonds is 6. The summed E-state index contributed by atoms with van der Waals surface area (Å²) in [4.78, 5) is 13.7. The fourth-order valence-corrected chi connectivity index (χ4v) is 3.15. The van der Waals surface area contributed by atoms with Crippen molar-refractivity contribution in [2.45, 2.75) is 25.0 Å². The average molecular weight is 284 g/mol. The maximum Gasteiger partial charge on any atom is 0.246 e. The van der Waals surface area contributed by atoms with Crippen molar-refractivity contribution in [3.8, 4) is 0 Å². The zero-order valence-electron chi connectivity index (χ0n) is 11.0. The van der Waals surface area contributed by atoms with Gasteiger partial charge in [0.15, 0.2) is 0 Å². The number of nitrogens with zero attached hydrogens (tertiary/aromatic N) is 1. The molecule has 2 atom stereocenters. The number of ether oxygens (including phenoxy) is 1. The van der Waals surface area contributed by atoms with E-state index in [-0.39, 0.29) is 31.2 Å². The lowest BCUT2D eigenvalue weighted by atomic mass is 10.2. The molecule has 1 fully saturated rings. The van der Waals surface area contributed by atoms with Crippen molar-refractivity contribution < 1.29 is 14.6 Å². The van der Waals surface area contributed by atoms with Gasteiger partial charge < -0.3 is 15.2 Å². The number of methoxy groups -OCH3 is 1. The second kappa shape index (κ2) is 7.00. The van der Waals surface area contributed by atoms with Gasteiger partial charge in [0, 0.05) is 32.3 Å². The number of hydrogen-bond acceptors (Lipinski definition) is 5. The molecule has 0 saturated carbocycles. The third-order valence-electron chi connectivity index (χ3n) is 3.34. The lowest BCUT2D eigenvalue weighted by Crippen LogP contribution is -2.38. The third-order valence-corrected chi connectivity index (χ3v) is 4.08. The van der Waals surface area contributed by atoms with Crippen molar-refractivity contribution in [2.24, 2.45) is 0 Å². The van der Waals surface area contributed by atoms with E-state index in [0.29, 0.717) is 0 Å². The van der Waals surface area contributed by atoms with Crippen LogP contribution in [0.25, 0.3) is 0 Å². The Morgan fingerprint density at radius 3 is 3.16 bits per heavy atom. The van der Waals surface area contributed by atoms with Crippen LogP contribution in [0.2, 0.25) is 0 Å². The summed E-state index contributed by atoms with van der Waals surface area (Å²) >= 11 is 1.67. The SMILES string of the molecule is COCC(=O)N[C@H]1C[C@@H](CO)N(Cc2ccsc2)C1. The van der Waals surface area contributed by atoms with Crippen LogP contribution < -0.4 is 5.32 Å². The molecule has 19 heavy (non-hydrogen) atoms. The van der Waals surface area contributed by atoms with Crippen LogP contribution in [0.3, 0.4) is 0 Å². The Morgan fingerprint density at radius 1 is 1.68 bits per heavy atom. The Morgan fingerprint density at radius 2 is 2.53 bits per heavy atom. The Hall–Kier alpha value is -0.950. The highest BCUT2D eigenvalue weighted by molar-refractivity contribution is 7.07. The molecule has 1 amide bonds. The molecule has 0 unspecified atom stereocenters. The summed E-state index contributed by atoms with van der Waals surface area (Å²) < 4.78 is 4.81. The lowest BCUT2D eigenvalue weighted by molar-refractivity contribution is -0.125. The van der Waals surface area contributed by atoms with Crippen LogP contribution in [0.5, 0.6) is 0 Å². The van der Waals surface area contributed by atoms with Crippen molar-refractivity contribution in [1.82, 2.24) is 10.2 Å². The molecular formula is C13H20N2O3S. The zero-order chi connectivity index (χ0) is 13.7. The normalized spacial score (nSPS) is 23.7. The van der Waals surface area contributed by atoms with Gasteiger partial charge in [0.1, 0.15) is 6.61 Å². The molecule has 1 saturated heterocycles. The van der Waals surface area contributed by atoms with Gasteiger partial charge in [0.2, 0.25) is 5.91 Å². The van der Waals surface area contributed by atoms with Crippen LogP contribution in [0.4, 0.5) is 0 Å². The Bertz CT molecular complexity index is 397. The van der Waals surface area contributed by atoms with E-state index in [4.69, 9.17) is 4.74 Å². The third kappa shape index (κ3) is 4.01. The predicted octanol–water partition coefficient (Wildman–Crippen LogP) is 0.446. The number of likely N-dealkylation sites (tertiary alicyclic amines) is 1. The summed E-state index contributed by atoms with van der Waals surface area (Å²) in [5.74, 6) is -0.0958. The van der Waals surface area contributed by atoms with Crippen LogP contribution in [-0.2, 0) is 16.1 Å². The van der Waals surface area contributed by atoms with Gasteiger partial charge in [-0.05, 0) is 28.8 Å². The maximum absolute atomic E-state index is 11.5. The van der Waals surface area contributed by atoms with Gasteiger partial charge in [-0.3, -0.25) is 9.69 Å². The second-order valence-electron chi connectivity index (χ2n) is 4.83. The topological polar surface area (TPSA) is 61.8 Å². The molecule has 0 aliphatic carbocycles. The van der Waals surface area contributed by atoms with Crippen LogP contribution in [0.15, 0.2) is 16.8 Å². The van der Waals surface area contributed by atoms with E-state index in [9.17, 15) is 9.90 Å². The predicted molar refractivity (Wildman–Crippen MR) is 74.0 cm³/mol. The molecule has 2 heterocycles. The smallest absolute Gasteiger partial charge is 0.246 e. The number of carbonyl (C=O) groups is 1. The van der Waals surface area contributed by atoms with Crippen LogP contribution >= 0.6 is 11.3 Å². The fraction of sp³-hybridized carbons (Fsp3) is 0.615. The number of aliphatic hydroxyl groups is 1. The standard InChI is InChI=1S/C13H20N2O3S/c1-18-8-13(17)14-11-4-12(7-16)15(6-11)5-10-2-3-19-9-10/h2-3,9,11-12,16H,4-8H2,1H3,(H,14,17)/t11-,12-/m0/s1. The summed E-state index contributed by atoms with van der Waals surface area (Å²) in [6, 6.07) is 2.31. The first-order chi connectivity index (χ1) is 9.22. The van der Waals surface area contributed by atoms with E-state index in [0.717, 1.165) is 19.5 Å². The van der Waals surface area contributed by atoms with E-state index in [1.165, 1.54) is 12.7 Å². The average Bonchev–Trinajstić information content (AvgIpc) is 3.00. The molecular weight excluding hydrogens is 264 g/mol. The molecule has 1 aliphatic heterocycles. The molecule has 1 aliphatic rings. The number of nitrogens with one attached hydrogen (secondary N) is 1. The molecule has 0 radical (unpaired) electrons. The minimum absolute atomic E-state index is 0.0881. The van der Waals surface area contributed by atoms with Gasteiger partial charge >= 0.3 is 0 Å². The van der Waals surface area contributed by atoms with Gasteiger partial charge in [0.25, 0.3) is 0 Å². The molecule has 0 aromatic carbocycles. The van der Waals surface area contributed by atoms with Crippen molar-refractivity contribution in [3.63, 3.8) is 0 Å². The van der Waals surface area contributed by atoms with Crippen molar-refractivity contribution >= 4 is 17.2 Å². The van der Waals surface area contributed by atoms with E-state index < -0.39 is 0 Å². The molecule has 0 spiro atoms. The Labute approximate surface area is 117 Å². The van der Waals surface area contributed by atoms with Crippen molar-refractivity contribution in [1.29, 1.82) is 0 Å². The van der Waals surface area contributed by atoms with Crippen molar-refractivity contribution in [3.05, 3.63) is 22.4 Å². The Kier molecular flexibility index (Phi) is 5.33. The summed E-state index contributed by atoms with van der Waals surface area (Å²) in [5, 5.41) is 16.6. The molecule has 0 bridgehead atoms. The Balaban J connectivity index is 1.88. The molecule has 2 rings (SSSR count). The van der Waals surface area contributed by atoms with Gasteiger partial charge in [-0.15, -0.1) is 0 Å². The summed E-state index contributed by atoms with van der Waals surface area (Å²) in [5.41, 5.74) is 1.26. The van der Waals surface area contributed by atoms with Gasteiger partial charge in [-0.25, -0.2) is 0 Å². The van der Waals surface area contributed by atoms with Crippen LogP contribution in [0, 0.1) is 0 Å². The quantitative estimate of drug-likeness (QED) is 0.796.